The molecule has 0 saturated carbocycles. The molecule has 0 radical (unpaired) electrons. The Balaban J connectivity index is 2.20. The predicted octanol–water partition coefficient (Wildman–Crippen LogP) is 3.63. The van der Waals surface area contributed by atoms with E-state index < -0.39 is 0 Å². The average Bonchev–Trinajstić information content (AvgIpc) is 2.60. The smallest absolute Gasteiger partial charge is 0.411 e. The van der Waals surface area contributed by atoms with Crippen molar-refractivity contribution in [3.05, 3.63) is 34.9 Å². The number of carbonyl (C=O) groups is 1. The second kappa shape index (κ2) is 4.22. The van der Waals surface area contributed by atoms with Crippen LogP contribution in [0.15, 0.2) is 24.3 Å². The third-order valence-electron chi connectivity index (χ3n) is 2.84. The first-order valence-electron chi connectivity index (χ1n) is 5.61. The minimum atomic E-state index is -0.262. The predicted molar refractivity (Wildman–Crippen MR) is 67.1 cm³/mol. The summed E-state index contributed by atoms with van der Waals surface area (Å²) in [5.41, 5.74) is 0.724. The summed E-state index contributed by atoms with van der Waals surface area (Å²) in [7, 11) is 0. The van der Waals surface area contributed by atoms with Crippen molar-refractivity contribution in [1.82, 2.24) is 4.90 Å². The van der Waals surface area contributed by atoms with Crippen LogP contribution in [0.25, 0.3) is 0 Å². The van der Waals surface area contributed by atoms with Gasteiger partial charge in [0.2, 0.25) is 0 Å². The molecule has 4 heteroatoms. The van der Waals surface area contributed by atoms with Gasteiger partial charge in [-0.1, -0.05) is 23.7 Å². The number of nitrogens with zero attached hydrogens (tertiary/aromatic N) is 1. The number of hydrogen-bond acceptors (Lipinski definition) is 2. The minimum Gasteiger partial charge on any atom is -0.439 e. The van der Waals surface area contributed by atoms with Crippen molar-refractivity contribution in [2.24, 2.45) is 0 Å². The summed E-state index contributed by atoms with van der Waals surface area (Å²) >= 11 is 5.93. The highest BCUT2D eigenvalue weighted by Gasteiger charge is 2.38. The second-order valence-corrected chi connectivity index (χ2v) is 5.65. The number of benzene rings is 1. The van der Waals surface area contributed by atoms with Gasteiger partial charge in [0, 0.05) is 10.6 Å². The topological polar surface area (TPSA) is 29.5 Å². The van der Waals surface area contributed by atoms with E-state index in [1.807, 2.05) is 45.0 Å². The second-order valence-electron chi connectivity index (χ2n) is 5.21. The van der Waals surface area contributed by atoms with E-state index in [9.17, 15) is 4.79 Å². The molecule has 0 aliphatic carbocycles. The van der Waals surface area contributed by atoms with E-state index in [4.69, 9.17) is 16.3 Å². The van der Waals surface area contributed by atoms with Crippen LogP contribution in [-0.4, -0.2) is 23.1 Å². The number of rotatable bonds is 1. The SMILES string of the molecule is CC(C)(C)N1C[C@@H](c2cccc(Cl)c2)OC1=O. The highest BCUT2D eigenvalue weighted by molar-refractivity contribution is 6.30. The van der Waals surface area contributed by atoms with Gasteiger partial charge < -0.3 is 4.74 Å². The number of carbonyl (C=O) groups excluding carboxylic acids is 1. The zero-order valence-corrected chi connectivity index (χ0v) is 11.0. The molecule has 1 amide bonds. The van der Waals surface area contributed by atoms with Crippen molar-refractivity contribution in [2.75, 3.05) is 6.54 Å². The fourth-order valence-electron chi connectivity index (χ4n) is 1.89. The molecule has 0 bridgehead atoms. The molecule has 0 unspecified atom stereocenters. The summed E-state index contributed by atoms with van der Waals surface area (Å²) in [4.78, 5) is 13.5. The fraction of sp³-hybridized carbons (Fsp3) is 0.462. The van der Waals surface area contributed by atoms with Crippen LogP contribution in [0.1, 0.15) is 32.4 Å². The average molecular weight is 254 g/mol. The Morgan fingerprint density at radius 2 is 2.12 bits per heavy atom. The van der Waals surface area contributed by atoms with E-state index in [-0.39, 0.29) is 17.7 Å². The number of ether oxygens (including phenoxy) is 1. The molecule has 0 spiro atoms. The monoisotopic (exact) mass is 253 g/mol. The van der Waals surface area contributed by atoms with Crippen molar-refractivity contribution in [1.29, 1.82) is 0 Å². The van der Waals surface area contributed by atoms with Gasteiger partial charge in [-0.25, -0.2) is 4.79 Å². The van der Waals surface area contributed by atoms with Crippen LogP contribution >= 0.6 is 11.6 Å². The van der Waals surface area contributed by atoms with E-state index >= 15 is 0 Å². The molecule has 17 heavy (non-hydrogen) atoms. The number of hydrogen-bond donors (Lipinski definition) is 0. The molecule has 1 saturated heterocycles. The molecule has 1 aromatic carbocycles. The molecule has 3 nitrogen and oxygen atoms in total. The first kappa shape index (κ1) is 12.2. The molecule has 1 aliphatic heterocycles. The van der Waals surface area contributed by atoms with Gasteiger partial charge in [-0.05, 0) is 38.5 Å². The third-order valence-corrected chi connectivity index (χ3v) is 3.08. The maximum atomic E-state index is 11.8. The van der Waals surface area contributed by atoms with Crippen molar-refractivity contribution in [3.63, 3.8) is 0 Å². The Morgan fingerprint density at radius 1 is 1.41 bits per heavy atom. The minimum absolute atomic E-state index is 0.218. The standard InChI is InChI=1S/C13H16ClNO2/c1-13(2,3)15-8-11(17-12(15)16)9-5-4-6-10(14)7-9/h4-7,11H,8H2,1-3H3/t11-/m0/s1. The summed E-state index contributed by atoms with van der Waals surface area (Å²) in [6, 6.07) is 7.44. The molecular weight excluding hydrogens is 238 g/mol. The Kier molecular flexibility index (Phi) is 3.04. The van der Waals surface area contributed by atoms with Gasteiger partial charge in [0.05, 0.1) is 6.54 Å². The first-order chi connectivity index (χ1) is 7.88. The molecule has 0 N–H and O–H groups in total. The van der Waals surface area contributed by atoms with Crippen molar-refractivity contribution in [3.8, 4) is 0 Å². The van der Waals surface area contributed by atoms with Crippen LogP contribution in [-0.2, 0) is 4.74 Å². The van der Waals surface area contributed by atoms with Gasteiger partial charge >= 0.3 is 6.09 Å². The van der Waals surface area contributed by atoms with Crippen LogP contribution in [0.2, 0.25) is 5.02 Å². The fourth-order valence-corrected chi connectivity index (χ4v) is 2.09. The van der Waals surface area contributed by atoms with Crippen molar-refractivity contribution in [2.45, 2.75) is 32.4 Å². The number of halogens is 1. The van der Waals surface area contributed by atoms with Gasteiger partial charge in [-0.2, -0.15) is 0 Å². The van der Waals surface area contributed by atoms with Gasteiger partial charge in [-0.15, -0.1) is 0 Å². The largest absolute Gasteiger partial charge is 0.439 e. The summed E-state index contributed by atoms with van der Waals surface area (Å²) in [5, 5.41) is 0.660. The molecule has 1 aliphatic rings. The quantitative estimate of drug-likeness (QED) is 0.765. The number of cyclic esters (lactones) is 1. The van der Waals surface area contributed by atoms with Crippen LogP contribution in [0, 0.1) is 0 Å². The van der Waals surface area contributed by atoms with Crippen LogP contribution < -0.4 is 0 Å². The maximum absolute atomic E-state index is 11.8. The summed E-state index contributed by atoms with van der Waals surface area (Å²) in [5.74, 6) is 0. The summed E-state index contributed by atoms with van der Waals surface area (Å²) in [6.45, 7) is 6.56. The lowest BCUT2D eigenvalue weighted by atomic mass is 10.0. The lowest BCUT2D eigenvalue weighted by Crippen LogP contribution is -2.41. The number of amides is 1. The van der Waals surface area contributed by atoms with E-state index in [1.54, 1.807) is 4.90 Å². The van der Waals surface area contributed by atoms with E-state index in [1.165, 1.54) is 0 Å². The summed E-state index contributed by atoms with van der Waals surface area (Å²) in [6.07, 6.45) is -0.483. The normalized spacial score (nSPS) is 20.6. The van der Waals surface area contributed by atoms with Crippen LogP contribution in [0.3, 0.4) is 0 Å². The van der Waals surface area contributed by atoms with Gasteiger partial charge in [-0.3, -0.25) is 4.90 Å². The summed E-state index contributed by atoms with van der Waals surface area (Å²) < 4.78 is 5.37. The lowest BCUT2D eigenvalue weighted by molar-refractivity contribution is 0.120. The van der Waals surface area contributed by atoms with Crippen LogP contribution in [0.5, 0.6) is 0 Å². The Hall–Kier alpha value is -1.22. The van der Waals surface area contributed by atoms with Crippen LogP contribution in [0.4, 0.5) is 4.79 Å². The van der Waals surface area contributed by atoms with Gasteiger partial charge in [0.15, 0.2) is 0 Å². The highest BCUT2D eigenvalue weighted by Crippen LogP contribution is 2.31. The first-order valence-corrected chi connectivity index (χ1v) is 5.99. The Labute approximate surface area is 106 Å². The Bertz CT molecular complexity index is 439. The van der Waals surface area contributed by atoms with Gasteiger partial charge in [0.1, 0.15) is 6.10 Å². The van der Waals surface area contributed by atoms with E-state index in [2.05, 4.69) is 0 Å². The molecule has 0 aromatic heterocycles. The molecule has 1 fully saturated rings. The van der Waals surface area contributed by atoms with Crippen molar-refractivity contribution < 1.29 is 9.53 Å². The highest BCUT2D eigenvalue weighted by atomic mass is 35.5. The van der Waals surface area contributed by atoms with E-state index in [0.29, 0.717) is 11.6 Å². The molecule has 2 rings (SSSR count). The Morgan fingerprint density at radius 3 is 2.65 bits per heavy atom. The zero-order valence-electron chi connectivity index (χ0n) is 10.2. The maximum Gasteiger partial charge on any atom is 0.411 e. The molecule has 92 valence electrons. The van der Waals surface area contributed by atoms with Gasteiger partial charge in [0.25, 0.3) is 0 Å². The lowest BCUT2D eigenvalue weighted by Gasteiger charge is -2.29. The molecular formula is C13H16ClNO2. The zero-order chi connectivity index (χ0) is 12.6. The third kappa shape index (κ3) is 2.55. The molecule has 1 heterocycles. The molecule has 1 atom stereocenters. The van der Waals surface area contributed by atoms with Crippen molar-refractivity contribution >= 4 is 17.7 Å². The molecule has 1 aromatic rings. The van der Waals surface area contributed by atoms with E-state index in [0.717, 1.165) is 5.56 Å².